The summed E-state index contributed by atoms with van der Waals surface area (Å²) in [4.78, 5) is 21.8. The van der Waals surface area contributed by atoms with E-state index in [2.05, 4.69) is 0 Å². The highest BCUT2D eigenvalue weighted by Gasteiger charge is 2.16. The normalized spacial score (nSPS) is 9.69. The van der Waals surface area contributed by atoms with E-state index in [0.717, 1.165) is 0 Å². The number of carbonyl (C=O) groups is 1. The Morgan fingerprint density at radius 1 is 1.62 bits per heavy atom. The first kappa shape index (κ1) is 9.31. The van der Waals surface area contributed by atoms with Gasteiger partial charge in [0.25, 0.3) is 0 Å². The Balaban J connectivity index is 3.53. The van der Waals surface area contributed by atoms with E-state index in [1.54, 1.807) is 0 Å². The first-order chi connectivity index (χ1) is 6.07. The first-order valence-electron chi connectivity index (χ1n) is 3.55. The number of methoxy groups -OCH3 is 1. The molecule has 1 rings (SSSR count). The van der Waals surface area contributed by atoms with Gasteiger partial charge in [0.05, 0.1) is 7.11 Å². The highest BCUT2D eigenvalue weighted by Crippen LogP contribution is 2.10. The molecule has 0 aromatic carbocycles. The molecular weight excluding hydrogens is 174 g/mol. The second-order valence-corrected chi connectivity index (χ2v) is 2.48. The molecule has 5 heteroatoms. The average molecular weight is 183 g/mol. The summed E-state index contributed by atoms with van der Waals surface area (Å²) >= 11 is 0. The van der Waals surface area contributed by atoms with E-state index in [4.69, 9.17) is 9.84 Å². The monoisotopic (exact) mass is 183 g/mol. The number of carboxylic acid groups (broad SMARTS) is 1. The van der Waals surface area contributed by atoms with E-state index in [1.165, 1.54) is 31.0 Å². The Bertz CT molecular complexity index is 394. The summed E-state index contributed by atoms with van der Waals surface area (Å²) in [6.07, 6.45) is 1.38. The van der Waals surface area contributed by atoms with Crippen LogP contribution in [0.2, 0.25) is 0 Å². The Kier molecular flexibility index (Phi) is 2.36. The van der Waals surface area contributed by atoms with Crippen molar-refractivity contribution in [3.63, 3.8) is 0 Å². The Morgan fingerprint density at radius 3 is 2.62 bits per heavy atom. The van der Waals surface area contributed by atoms with Crippen LogP contribution in [0.3, 0.4) is 0 Å². The van der Waals surface area contributed by atoms with Gasteiger partial charge in [0.1, 0.15) is 0 Å². The molecule has 0 spiro atoms. The van der Waals surface area contributed by atoms with E-state index >= 15 is 0 Å². The topological polar surface area (TPSA) is 68.5 Å². The van der Waals surface area contributed by atoms with E-state index < -0.39 is 11.4 Å². The number of pyridine rings is 1. The minimum absolute atomic E-state index is 0.141. The SMILES string of the molecule is COc1c(C(=O)O)n(C)ccc1=O. The molecule has 0 aliphatic heterocycles. The molecule has 0 saturated heterocycles. The first-order valence-corrected chi connectivity index (χ1v) is 3.55. The molecule has 0 aliphatic rings. The number of hydrogen-bond donors (Lipinski definition) is 1. The maximum absolute atomic E-state index is 11.1. The van der Waals surface area contributed by atoms with Crippen molar-refractivity contribution in [2.75, 3.05) is 7.11 Å². The number of carboxylic acids is 1. The van der Waals surface area contributed by atoms with E-state index in [0.29, 0.717) is 0 Å². The summed E-state index contributed by atoms with van der Waals surface area (Å²) in [7, 11) is 2.80. The number of nitrogens with zero attached hydrogens (tertiary/aromatic N) is 1. The molecule has 0 unspecified atom stereocenters. The van der Waals surface area contributed by atoms with Gasteiger partial charge in [-0.2, -0.15) is 0 Å². The van der Waals surface area contributed by atoms with Crippen LogP contribution < -0.4 is 10.2 Å². The number of ether oxygens (including phenoxy) is 1. The third-order valence-electron chi connectivity index (χ3n) is 1.65. The van der Waals surface area contributed by atoms with Crippen LogP contribution in [0.4, 0.5) is 0 Å². The third-order valence-corrected chi connectivity index (χ3v) is 1.65. The van der Waals surface area contributed by atoms with Crippen molar-refractivity contribution in [2.24, 2.45) is 7.05 Å². The lowest BCUT2D eigenvalue weighted by atomic mass is 10.3. The molecule has 0 fully saturated rings. The zero-order chi connectivity index (χ0) is 10.0. The van der Waals surface area contributed by atoms with Gasteiger partial charge in [-0.25, -0.2) is 4.79 Å². The van der Waals surface area contributed by atoms with Crippen molar-refractivity contribution in [1.82, 2.24) is 4.57 Å². The molecule has 1 aromatic heterocycles. The molecule has 1 aromatic rings. The number of hydrogen-bond acceptors (Lipinski definition) is 3. The lowest BCUT2D eigenvalue weighted by Crippen LogP contribution is -2.17. The van der Waals surface area contributed by atoms with Crippen LogP contribution in [0, 0.1) is 0 Å². The molecule has 0 aliphatic carbocycles. The van der Waals surface area contributed by atoms with Gasteiger partial charge in [-0.3, -0.25) is 4.79 Å². The predicted octanol–water partition coefficient (Wildman–Crippen LogP) is 0.0921. The lowest BCUT2D eigenvalue weighted by molar-refractivity contribution is 0.0681. The Labute approximate surface area is 74.2 Å². The van der Waals surface area contributed by atoms with Crippen molar-refractivity contribution in [3.8, 4) is 5.75 Å². The fraction of sp³-hybridized carbons (Fsp3) is 0.250. The quantitative estimate of drug-likeness (QED) is 0.705. The van der Waals surface area contributed by atoms with Crippen LogP contribution in [-0.2, 0) is 7.05 Å². The molecule has 0 bridgehead atoms. The van der Waals surface area contributed by atoms with Gasteiger partial charge in [-0.05, 0) is 0 Å². The largest absolute Gasteiger partial charge is 0.491 e. The maximum Gasteiger partial charge on any atom is 0.356 e. The van der Waals surface area contributed by atoms with Crippen molar-refractivity contribution < 1.29 is 14.6 Å². The van der Waals surface area contributed by atoms with Gasteiger partial charge in [0, 0.05) is 19.3 Å². The maximum atomic E-state index is 11.1. The van der Waals surface area contributed by atoms with Gasteiger partial charge in [0.15, 0.2) is 11.4 Å². The zero-order valence-electron chi connectivity index (χ0n) is 7.27. The van der Waals surface area contributed by atoms with Gasteiger partial charge in [-0.1, -0.05) is 0 Å². The average Bonchev–Trinajstić information content (AvgIpc) is 2.07. The van der Waals surface area contributed by atoms with Gasteiger partial charge < -0.3 is 14.4 Å². The zero-order valence-corrected chi connectivity index (χ0v) is 7.27. The number of rotatable bonds is 2. The lowest BCUT2D eigenvalue weighted by Gasteiger charge is -2.07. The second kappa shape index (κ2) is 3.30. The second-order valence-electron chi connectivity index (χ2n) is 2.48. The molecule has 1 heterocycles. The minimum Gasteiger partial charge on any atom is -0.491 e. The standard InChI is InChI=1S/C8H9NO4/c1-9-4-3-5(10)7(13-2)6(9)8(11)12/h3-4H,1-2H3,(H,11,12). The Morgan fingerprint density at radius 2 is 2.23 bits per heavy atom. The number of aromatic nitrogens is 1. The fourth-order valence-electron chi connectivity index (χ4n) is 1.05. The summed E-state index contributed by atoms with van der Waals surface area (Å²) in [5.41, 5.74) is -0.576. The van der Waals surface area contributed by atoms with E-state index in [1.807, 2.05) is 0 Å². The molecule has 0 amide bonds. The highest BCUT2D eigenvalue weighted by atomic mass is 16.5. The van der Waals surface area contributed by atoms with E-state index in [9.17, 15) is 9.59 Å². The van der Waals surface area contributed by atoms with Gasteiger partial charge in [0.2, 0.25) is 5.43 Å². The fourth-order valence-corrected chi connectivity index (χ4v) is 1.05. The minimum atomic E-state index is -1.18. The van der Waals surface area contributed by atoms with Gasteiger partial charge in [-0.15, -0.1) is 0 Å². The molecule has 0 atom stereocenters. The smallest absolute Gasteiger partial charge is 0.356 e. The summed E-state index contributed by atoms with van der Waals surface area (Å²) in [5, 5.41) is 8.76. The number of aromatic carboxylic acids is 1. The summed E-state index contributed by atoms with van der Waals surface area (Å²) < 4.78 is 6.03. The van der Waals surface area contributed by atoms with Crippen LogP contribution in [-0.4, -0.2) is 22.8 Å². The van der Waals surface area contributed by atoms with Crippen LogP contribution in [0.1, 0.15) is 10.5 Å². The summed E-state index contributed by atoms with van der Waals surface area (Å²) in [5.74, 6) is -1.32. The molecule has 70 valence electrons. The van der Waals surface area contributed by atoms with E-state index in [-0.39, 0.29) is 11.4 Å². The van der Waals surface area contributed by atoms with Gasteiger partial charge >= 0.3 is 5.97 Å². The van der Waals surface area contributed by atoms with Crippen molar-refractivity contribution in [3.05, 3.63) is 28.2 Å². The van der Waals surface area contributed by atoms with Crippen molar-refractivity contribution >= 4 is 5.97 Å². The molecule has 0 saturated carbocycles. The molecule has 0 radical (unpaired) electrons. The summed E-state index contributed by atoms with van der Waals surface area (Å²) in [6, 6.07) is 1.26. The third kappa shape index (κ3) is 1.53. The highest BCUT2D eigenvalue weighted by molar-refractivity contribution is 5.88. The molecule has 13 heavy (non-hydrogen) atoms. The van der Waals surface area contributed by atoms with Crippen LogP contribution in [0.25, 0.3) is 0 Å². The predicted molar refractivity (Wildman–Crippen MR) is 45.2 cm³/mol. The van der Waals surface area contributed by atoms with Crippen molar-refractivity contribution in [2.45, 2.75) is 0 Å². The number of aryl methyl sites for hydroxylation is 1. The Hall–Kier alpha value is -1.78. The van der Waals surface area contributed by atoms with Crippen LogP contribution in [0.15, 0.2) is 17.1 Å². The molecule has 1 N–H and O–H groups in total. The van der Waals surface area contributed by atoms with Crippen LogP contribution in [0.5, 0.6) is 5.75 Å². The molecular formula is C8H9NO4. The van der Waals surface area contributed by atoms with Crippen LogP contribution >= 0.6 is 0 Å². The molecule has 5 nitrogen and oxygen atoms in total. The summed E-state index contributed by atoms with van der Waals surface area (Å²) in [6.45, 7) is 0. The van der Waals surface area contributed by atoms with Crippen molar-refractivity contribution in [1.29, 1.82) is 0 Å².